The number of rotatable bonds is 47. The highest BCUT2D eigenvalue weighted by molar-refractivity contribution is 7.80. The van der Waals surface area contributed by atoms with Crippen LogP contribution in [0.25, 0.3) is 33.4 Å². The molecular weight excluding hydrogens is 1880 g/mol. The first kappa shape index (κ1) is 111. The zero-order valence-corrected chi connectivity index (χ0v) is 79.7. The Morgan fingerprint density at radius 2 is 1.08 bits per heavy atom. The summed E-state index contributed by atoms with van der Waals surface area (Å²) in [6.45, 7) is 15.3. The second-order valence-corrected chi connectivity index (χ2v) is 36.8. The molecule has 13 amide bonds. The third-order valence-electron chi connectivity index (χ3n) is 23.7. The van der Waals surface area contributed by atoms with Crippen molar-refractivity contribution in [2.45, 2.75) is 232 Å². The van der Waals surface area contributed by atoms with Crippen molar-refractivity contribution in [2.75, 3.05) is 25.0 Å². The average Bonchev–Trinajstić information content (AvgIpc) is 0.988. The normalized spacial score (nSPS) is 15.4. The Bertz CT molecular complexity index is 5830. The number of aliphatic carboxylic acids is 2. The molecule has 0 unspecified atom stereocenters. The summed E-state index contributed by atoms with van der Waals surface area (Å²) in [6.07, 6.45) is -2.26. The van der Waals surface area contributed by atoms with Gasteiger partial charge in [-0.1, -0.05) is 100 Å². The fourth-order valence-electron chi connectivity index (χ4n) is 15.5. The van der Waals surface area contributed by atoms with Crippen molar-refractivity contribution in [1.29, 1.82) is 0 Å². The minimum absolute atomic E-state index is 0.0484. The van der Waals surface area contributed by atoms with Crippen molar-refractivity contribution in [3.05, 3.63) is 153 Å². The van der Waals surface area contributed by atoms with Crippen molar-refractivity contribution < 1.29 is 134 Å². The van der Waals surface area contributed by atoms with E-state index in [0.29, 0.717) is 22.1 Å². The number of nitrogens with one attached hydrogen (secondary N) is 14. The number of amides is 13. The van der Waals surface area contributed by atoms with E-state index in [0.717, 1.165) is 11.8 Å². The molecule has 2 aliphatic heterocycles. The van der Waals surface area contributed by atoms with E-state index in [2.05, 4.69) is 73.8 Å². The predicted octanol–water partition coefficient (Wildman–Crippen LogP) is 4.08. The van der Waals surface area contributed by atoms with Gasteiger partial charge >= 0.3 is 17.9 Å². The van der Waals surface area contributed by atoms with Gasteiger partial charge in [0.2, 0.25) is 76.7 Å². The Kier molecular flexibility index (Phi) is 39.3. The molecule has 47 heteroatoms. The Hall–Kier alpha value is -14.8. The average molecular weight is 2000 g/mol. The number of phenols is 2. The van der Waals surface area contributed by atoms with Gasteiger partial charge in [-0.2, -0.15) is 0 Å². The van der Waals surface area contributed by atoms with Crippen LogP contribution in [0.3, 0.4) is 0 Å². The number of hydrogen-bond acceptors (Lipinski definition) is 23. The number of imidazole rings is 1. The van der Waals surface area contributed by atoms with Crippen molar-refractivity contribution >= 4 is 129 Å². The maximum Gasteiger partial charge on any atom is 0.336 e. The number of aliphatic hydroxyl groups excluding tert-OH is 1. The fraction of sp³-hybridized carbons (Fsp3) is 0.457. The molecule has 3 aliphatic rings. The zero-order chi connectivity index (χ0) is 105. The number of primary amides is 1. The third kappa shape index (κ3) is 30.4. The van der Waals surface area contributed by atoms with Crippen LogP contribution < -0.4 is 80.3 Å². The maximum atomic E-state index is 14.8. The van der Waals surface area contributed by atoms with E-state index in [1.807, 2.05) is 5.32 Å². The van der Waals surface area contributed by atoms with Crippen LogP contribution in [0.2, 0.25) is 0 Å². The number of thiocarbonyl (C=S) groups is 1. The molecule has 4 aromatic carbocycles. The first-order valence-electron chi connectivity index (χ1n) is 45.2. The Morgan fingerprint density at radius 3 is 1.61 bits per heavy atom. The Balaban J connectivity index is 0.897. The number of carboxylic acids is 3. The van der Waals surface area contributed by atoms with E-state index < -0.39 is 263 Å². The van der Waals surface area contributed by atoms with Gasteiger partial charge in [0.25, 0.3) is 5.91 Å². The summed E-state index contributed by atoms with van der Waals surface area (Å²) in [5.41, 5.74) is 2.74. The van der Waals surface area contributed by atoms with E-state index in [9.17, 15) is 134 Å². The van der Waals surface area contributed by atoms with Crippen molar-refractivity contribution in [3.8, 4) is 33.9 Å². The molecule has 3 heterocycles. The minimum atomic E-state index is -2.54. The lowest BCUT2D eigenvalue weighted by molar-refractivity contribution is -0.141. The third-order valence-corrected chi connectivity index (χ3v) is 23.9. The number of benzene rings is 5. The summed E-state index contributed by atoms with van der Waals surface area (Å²) in [7, 11) is 0. The Labute approximate surface area is 809 Å². The molecule has 0 spiro atoms. The highest BCUT2D eigenvalue weighted by Gasteiger charge is 2.45. The number of likely N-dealkylation sites (tertiary alicyclic amines) is 1. The molecule has 1 fully saturated rings. The first-order valence-corrected chi connectivity index (χ1v) is 45.6. The monoisotopic (exact) mass is 1990 g/mol. The van der Waals surface area contributed by atoms with Crippen LogP contribution >= 0.6 is 12.2 Å². The number of nitrogens with zero attached hydrogens (tertiary/aromatic N) is 2. The molecule has 0 bridgehead atoms. The molecule has 22 N–H and O–H groups in total. The number of hydrogen-bond donors (Lipinski definition) is 21. The molecule has 141 heavy (non-hydrogen) atoms. The number of halogens is 5. The van der Waals surface area contributed by atoms with Crippen LogP contribution in [0, 0.1) is 51.8 Å². The summed E-state index contributed by atoms with van der Waals surface area (Å²) in [6, 6.07) is -0.272. The standard InChI is InChI=1S/C94H116F5N17O24S/c1-12-43(3)74(111-90(137)78(94(9,10)11)115-88(135)75(44(4)13-2)112-89(136)77(93(6,7)8)114-85(132)68-69(95)71(97)73(99)72(98)70(68)96)87(134)113-76(45(5)117)86(133)103-41-64(121)116-34-16-18-61(116)84(131)110-60(37-48-40-101-42-104-48)83(130)108-57(29-31-65(122)123)80(127)107-58(30-32-66(124)125)81(128)109-59(35-46-19-22-49(118)23-20-46)82(129)106-56(79(100)126)17-14-15-33-102-92(141)105-47-21-26-52(55(36-47)91(138)139)67-53-27-24-50(119)38-62(53)140-63-39-51(120)25-28-54(63)67/h19-28,36,38-40,42-45,56-61,74-78,117-119H,12-18,29-35,37,41H2,1-11H3,(H2,100,126)(H,101,104)(H,103,133)(H,106,129)(H,107,127)(H,108,130)(H,109,128)(H,110,131)(H,111,137)(H,112,136)(H,113,134)(H,114,132)(H,115,135)(H,122,123)(H,124,125)(H,138,139)(H2,102,105,141)/t43-,44-,45+,56-,57-,58-,59-,60-,61-,74-,75-,76-,77+,78+/m0/s1. The number of aromatic nitrogens is 2. The summed E-state index contributed by atoms with van der Waals surface area (Å²) in [4.78, 5) is 243. The van der Waals surface area contributed by atoms with E-state index in [1.165, 1.54) is 128 Å². The van der Waals surface area contributed by atoms with Crippen molar-refractivity contribution in [2.24, 2.45) is 28.4 Å². The number of aromatic hydroxyl groups is 2. The molecule has 0 radical (unpaired) electrons. The second-order valence-electron chi connectivity index (χ2n) is 36.4. The van der Waals surface area contributed by atoms with Gasteiger partial charge in [0, 0.05) is 79.3 Å². The number of H-pyrrole nitrogens is 1. The van der Waals surface area contributed by atoms with Crippen molar-refractivity contribution in [1.82, 2.24) is 78.7 Å². The predicted molar refractivity (Wildman–Crippen MR) is 500 cm³/mol. The number of aliphatic hydroxyl groups is 1. The fourth-order valence-corrected chi connectivity index (χ4v) is 15.7. The number of carbonyl (C=O) groups is 16. The molecule has 41 nitrogen and oxygen atoms in total. The van der Waals surface area contributed by atoms with Crippen molar-refractivity contribution in [3.63, 3.8) is 0 Å². The van der Waals surface area contributed by atoms with Gasteiger partial charge in [-0.15, -0.1) is 0 Å². The largest absolute Gasteiger partial charge is 0.508 e. The van der Waals surface area contributed by atoms with Gasteiger partial charge in [-0.3, -0.25) is 76.7 Å². The number of unbranched alkanes of at least 4 members (excludes halogenated alkanes) is 1. The molecule has 5 aromatic rings. The number of nitrogens with two attached hydrogens (primary N) is 1. The van der Waals surface area contributed by atoms with Crippen LogP contribution in [0.15, 0.2) is 101 Å². The molecule has 1 saturated heterocycles. The van der Waals surface area contributed by atoms with Crippen LogP contribution in [0.5, 0.6) is 11.5 Å². The van der Waals surface area contributed by atoms with Gasteiger partial charge in [0.05, 0.1) is 30.2 Å². The Morgan fingerprint density at radius 1 is 0.560 bits per heavy atom. The first-order chi connectivity index (χ1) is 66.2. The maximum absolute atomic E-state index is 14.8. The van der Waals surface area contributed by atoms with E-state index in [-0.39, 0.29) is 120 Å². The van der Waals surface area contributed by atoms with E-state index >= 15 is 0 Å². The van der Waals surface area contributed by atoms with Crippen LogP contribution in [-0.4, -0.2) is 238 Å². The van der Waals surface area contributed by atoms with Gasteiger partial charge < -0.3 is 120 Å². The molecule has 0 saturated carbocycles. The number of fused-ring (bicyclic) bond motifs is 2. The summed E-state index contributed by atoms with van der Waals surface area (Å²) < 4.78 is 77.9. The number of aromatic carboxylic acids is 1. The van der Waals surface area contributed by atoms with Crippen LogP contribution in [0.4, 0.5) is 27.6 Å². The molecule has 762 valence electrons. The zero-order valence-electron chi connectivity index (χ0n) is 78.9. The number of anilines is 1. The lowest BCUT2D eigenvalue weighted by atomic mass is 9.84. The summed E-state index contributed by atoms with van der Waals surface area (Å²) >= 11 is 5.53. The minimum Gasteiger partial charge on any atom is -0.508 e. The van der Waals surface area contributed by atoms with E-state index in [4.69, 9.17) is 22.4 Å². The van der Waals surface area contributed by atoms with Gasteiger partial charge in [-0.25, -0.2) is 31.7 Å². The molecule has 8 rings (SSSR count). The van der Waals surface area contributed by atoms with E-state index in [1.54, 1.807) is 32.9 Å². The number of aromatic amines is 1. The lowest BCUT2D eigenvalue weighted by Gasteiger charge is -2.36. The smallest absolute Gasteiger partial charge is 0.336 e. The van der Waals surface area contributed by atoms with Crippen LogP contribution in [-0.2, 0) is 80.0 Å². The number of carboxylic acid groups (broad SMARTS) is 3. The van der Waals surface area contributed by atoms with Gasteiger partial charge in [0.1, 0.15) is 94.9 Å². The lowest BCUT2D eigenvalue weighted by Crippen LogP contribution is -2.64. The van der Waals surface area contributed by atoms with Crippen LogP contribution in [0.1, 0.15) is 179 Å². The summed E-state index contributed by atoms with van der Waals surface area (Å²) in [5, 5.41) is 94.8. The number of phenolic OH excluding ortho intramolecular Hbond substituents is 2. The quantitative estimate of drug-likeness (QED) is 0.00638. The highest BCUT2D eigenvalue weighted by Crippen LogP contribution is 2.43. The molecule has 1 aromatic heterocycles. The molecule has 1 aliphatic carbocycles. The second kappa shape index (κ2) is 49.7. The van der Waals surface area contributed by atoms with Gasteiger partial charge in [-0.05, 0) is 146 Å². The molecule has 14 atom stereocenters. The van der Waals surface area contributed by atoms with Gasteiger partial charge in [0.15, 0.2) is 33.8 Å². The number of carbonyl (C=O) groups excluding carboxylic acids is 13. The highest BCUT2D eigenvalue weighted by atomic mass is 32.1. The topological polar surface area (TPSA) is 639 Å². The SMILES string of the molecule is CC[C@H](C)[C@H](NC(=O)[C@@H](NC(=O)c1c(F)c(F)c(F)c(F)c1F)C(C)(C)C)C(=O)N[C@H](C(=O)N[C@H](C(=O)N[C@H](C(=O)NCC(=O)N1CCC[C@H]1C(=O)N[C@@H](Cc1c[nH]cn1)C(=O)N[C@@H](CCC(=O)O)C(=O)N[C@@H](CCC(=O)O)C(=O)N[C@@H](Cc1ccc(O)cc1)C(=O)N[C@@H](CCCCNC(=S)Nc1ccc(-c2c3ccc(=O)cc-3oc3cc(O)ccc23)c(C(=O)O)c1)C(N)=O)[C@@H](C)O)[C@@H](C)CC)C(C)(C)C. The molecular formula is C94H116F5N17O24S. The summed E-state index contributed by atoms with van der Waals surface area (Å²) in [5.74, 6) is -33.2.